The molecule has 1 N–H and O–H groups in total. The van der Waals surface area contributed by atoms with E-state index in [2.05, 4.69) is 25.2 Å². The molecule has 0 heterocycles. The van der Waals surface area contributed by atoms with Crippen LogP contribution in [0.2, 0.25) is 0 Å². The molecule has 2 aliphatic rings. The molecule has 0 aromatic rings. The second-order valence-electron chi connectivity index (χ2n) is 4.34. The van der Waals surface area contributed by atoms with E-state index in [0.29, 0.717) is 18.3 Å². The van der Waals surface area contributed by atoms with Gasteiger partial charge < -0.3 is 5.32 Å². The summed E-state index contributed by atoms with van der Waals surface area (Å²) >= 11 is 0. The predicted octanol–water partition coefficient (Wildman–Crippen LogP) is 2.63. The van der Waals surface area contributed by atoms with Crippen LogP contribution in [0.5, 0.6) is 0 Å². The van der Waals surface area contributed by atoms with Crippen LogP contribution < -0.4 is 5.32 Å². The fraction of sp³-hybridized carbons (Fsp3) is 0.583. The van der Waals surface area contributed by atoms with Crippen molar-refractivity contribution < 1.29 is 6.22 Å². The Bertz CT molecular complexity index is 344. The Morgan fingerprint density at radius 1 is 1.57 bits per heavy atom. The topological polar surface area (TPSA) is 29.1 Å². The number of hydrogen-bond donors (Lipinski definition) is 1. The van der Waals surface area contributed by atoms with Crippen LogP contribution in [0.4, 0.5) is 0 Å². The van der Waals surface area contributed by atoms with Crippen molar-refractivity contribution in [3.8, 4) is 0 Å². The van der Waals surface area contributed by atoms with Gasteiger partial charge in [-0.3, -0.25) is 4.79 Å². The lowest BCUT2D eigenvalue weighted by Gasteiger charge is -2.16. The zero-order chi connectivity index (χ0) is 10.3. The molecular weight excluding hydrogens is 174 g/mol. The van der Waals surface area contributed by atoms with Gasteiger partial charge in [0.15, 0.2) is 0 Å². The summed E-state index contributed by atoms with van der Waals surface area (Å²) in [5, 5.41) is 3.03. The normalized spacial score (nSPS) is 29.5. The summed E-state index contributed by atoms with van der Waals surface area (Å²) in [6.45, 7) is 6.16. The molecule has 0 saturated heterocycles. The minimum absolute atomic E-state index is 0. The van der Waals surface area contributed by atoms with Gasteiger partial charge in [-0.15, -0.1) is 0 Å². The summed E-state index contributed by atoms with van der Waals surface area (Å²) < 4.78 is 0. The maximum absolute atomic E-state index is 11.3. The van der Waals surface area contributed by atoms with Crippen LogP contribution in [0, 0.1) is 11.8 Å². The van der Waals surface area contributed by atoms with Gasteiger partial charge in [-0.2, -0.15) is 0 Å². The predicted molar refractivity (Wildman–Crippen MR) is 58.6 cm³/mol. The molecule has 0 aromatic heterocycles. The Morgan fingerprint density at radius 3 is 2.93 bits per heavy atom. The number of hydrogen-bond acceptors (Lipinski definition) is 1. The van der Waals surface area contributed by atoms with E-state index in [1.807, 2.05) is 6.92 Å². The third-order valence-electron chi connectivity index (χ3n) is 3.21. The highest BCUT2D eigenvalue weighted by Crippen LogP contribution is 2.51. The highest BCUT2D eigenvalue weighted by atomic mass is 16.1. The second kappa shape index (κ2) is 3.26. The molecule has 2 heteroatoms. The zero-order valence-corrected chi connectivity index (χ0v) is 9.05. The van der Waals surface area contributed by atoms with E-state index in [1.54, 1.807) is 0 Å². The first-order chi connectivity index (χ1) is 6.63. The van der Waals surface area contributed by atoms with Crippen molar-refractivity contribution in [3.05, 3.63) is 22.9 Å². The first-order valence-electron chi connectivity index (χ1n) is 5.32. The van der Waals surface area contributed by atoms with Crippen LogP contribution in [-0.2, 0) is 4.79 Å². The SMILES string of the molecule is CCC(=O)NC1=C(C)C=C(C)C2CC12.[HH]. The molecule has 0 spiro atoms. The number of nitrogens with one attached hydrogen (secondary N) is 1. The first-order valence-corrected chi connectivity index (χ1v) is 5.32. The molecule has 2 unspecified atom stereocenters. The average Bonchev–Trinajstić information content (AvgIpc) is 2.91. The third kappa shape index (κ3) is 1.49. The number of rotatable bonds is 2. The van der Waals surface area contributed by atoms with E-state index < -0.39 is 0 Å². The number of carbonyl (C=O) groups excluding carboxylic acids is 1. The average molecular weight is 193 g/mol. The summed E-state index contributed by atoms with van der Waals surface area (Å²) in [7, 11) is 0. The summed E-state index contributed by atoms with van der Waals surface area (Å²) in [6.07, 6.45) is 4.00. The summed E-state index contributed by atoms with van der Waals surface area (Å²) in [6, 6.07) is 0. The Balaban J connectivity index is 0.00000112. The summed E-state index contributed by atoms with van der Waals surface area (Å²) in [5.74, 6) is 1.46. The van der Waals surface area contributed by atoms with Crippen LogP contribution >= 0.6 is 0 Å². The van der Waals surface area contributed by atoms with Gasteiger partial charge >= 0.3 is 0 Å². The van der Waals surface area contributed by atoms with E-state index in [9.17, 15) is 4.79 Å². The molecule has 2 nitrogen and oxygen atoms in total. The molecule has 78 valence electrons. The van der Waals surface area contributed by atoms with Gasteiger partial charge in [-0.25, -0.2) is 0 Å². The standard InChI is InChI=1S/C12H17NO.H2/c1-4-11(14)13-12-8(3)5-7(2)9-6-10(9)12;/h5,9-10H,4,6H2,1-3H3,(H,13,14);1H. The Hall–Kier alpha value is -1.05. The van der Waals surface area contributed by atoms with E-state index in [0.717, 1.165) is 0 Å². The fourth-order valence-corrected chi connectivity index (χ4v) is 2.27. The van der Waals surface area contributed by atoms with Crippen molar-refractivity contribution in [2.75, 3.05) is 0 Å². The highest BCUT2D eigenvalue weighted by Gasteiger charge is 2.44. The lowest BCUT2D eigenvalue weighted by molar-refractivity contribution is -0.120. The third-order valence-corrected chi connectivity index (χ3v) is 3.21. The second-order valence-corrected chi connectivity index (χ2v) is 4.34. The lowest BCUT2D eigenvalue weighted by Crippen LogP contribution is -2.25. The first kappa shape index (κ1) is 9.50. The van der Waals surface area contributed by atoms with Crippen LogP contribution in [-0.4, -0.2) is 5.91 Å². The molecule has 0 bridgehead atoms. The van der Waals surface area contributed by atoms with Gasteiger partial charge in [0.05, 0.1) is 0 Å². The smallest absolute Gasteiger partial charge is 0.223 e. The zero-order valence-electron chi connectivity index (χ0n) is 9.05. The molecular formula is C12H19NO. The summed E-state index contributed by atoms with van der Waals surface area (Å²) in [4.78, 5) is 11.3. The molecule has 1 fully saturated rings. The molecule has 2 aliphatic carbocycles. The van der Waals surface area contributed by atoms with E-state index in [1.165, 1.54) is 23.3 Å². The highest BCUT2D eigenvalue weighted by molar-refractivity contribution is 5.78. The van der Waals surface area contributed by atoms with Crippen molar-refractivity contribution in [3.63, 3.8) is 0 Å². The molecule has 0 aromatic carbocycles. The molecule has 2 atom stereocenters. The molecule has 0 aliphatic heterocycles. The molecule has 1 amide bonds. The van der Waals surface area contributed by atoms with Gasteiger partial charge in [0.1, 0.15) is 0 Å². The summed E-state index contributed by atoms with van der Waals surface area (Å²) in [5.41, 5.74) is 3.89. The van der Waals surface area contributed by atoms with Crippen molar-refractivity contribution in [2.24, 2.45) is 11.8 Å². The van der Waals surface area contributed by atoms with E-state index in [4.69, 9.17) is 0 Å². The largest absolute Gasteiger partial charge is 0.329 e. The minimum Gasteiger partial charge on any atom is -0.329 e. The van der Waals surface area contributed by atoms with Gasteiger partial charge in [0.2, 0.25) is 5.91 Å². The Morgan fingerprint density at radius 2 is 2.29 bits per heavy atom. The Kier molecular flexibility index (Phi) is 2.22. The van der Waals surface area contributed by atoms with Crippen molar-refractivity contribution in [1.82, 2.24) is 5.32 Å². The van der Waals surface area contributed by atoms with Crippen molar-refractivity contribution >= 4 is 5.91 Å². The van der Waals surface area contributed by atoms with Gasteiger partial charge in [0, 0.05) is 19.5 Å². The van der Waals surface area contributed by atoms with Gasteiger partial charge in [0.25, 0.3) is 0 Å². The monoisotopic (exact) mass is 193 g/mol. The maximum Gasteiger partial charge on any atom is 0.223 e. The molecule has 14 heavy (non-hydrogen) atoms. The fourth-order valence-electron chi connectivity index (χ4n) is 2.27. The minimum atomic E-state index is 0. The Labute approximate surface area is 86.6 Å². The molecule has 2 rings (SSSR count). The van der Waals surface area contributed by atoms with Crippen LogP contribution in [0.15, 0.2) is 22.9 Å². The van der Waals surface area contributed by atoms with Crippen molar-refractivity contribution in [2.45, 2.75) is 33.6 Å². The van der Waals surface area contributed by atoms with Gasteiger partial charge in [-0.1, -0.05) is 18.6 Å². The molecule has 1 saturated carbocycles. The van der Waals surface area contributed by atoms with E-state index in [-0.39, 0.29) is 7.33 Å². The van der Waals surface area contributed by atoms with E-state index >= 15 is 0 Å². The van der Waals surface area contributed by atoms with Crippen LogP contribution in [0.3, 0.4) is 0 Å². The lowest BCUT2D eigenvalue weighted by atomic mass is 9.98. The van der Waals surface area contributed by atoms with Crippen LogP contribution in [0.1, 0.15) is 35.0 Å². The van der Waals surface area contributed by atoms with Gasteiger partial charge in [-0.05, 0) is 31.8 Å². The number of carbonyl (C=O) groups is 1. The number of amides is 1. The molecule has 0 radical (unpaired) electrons. The number of fused-ring (bicyclic) bond motifs is 1. The maximum atomic E-state index is 11.3. The number of allylic oxidation sites excluding steroid dienone is 4. The quantitative estimate of drug-likeness (QED) is 0.717. The van der Waals surface area contributed by atoms with Crippen LogP contribution in [0.25, 0.3) is 0 Å². The van der Waals surface area contributed by atoms with Crippen molar-refractivity contribution in [1.29, 1.82) is 0 Å².